The predicted octanol–water partition coefficient (Wildman–Crippen LogP) is 4.58. The zero-order chi connectivity index (χ0) is 23.7. The van der Waals surface area contributed by atoms with Crippen molar-refractivity contribution in [1.82, 2.24) is 19.7 Å². The zero-order valence-electron chi connectivity index (χ0n) is 18.8. The predicted molar refractivity (Wildman–Crippen MR) is 133 cm³/mol. The van der Waals surface area contributed by atoms with Gasteiger partial charge in [0.1, 0.15) is 16.4 Å². The van der Waals surface area contributed by atoms with Crippen molar-refractivity contribution in [3.63, 3.8) is 0 Å². The van der Waals surface area contributed by atoms with Crippen molar-refractivity contribution in [3.05, 3.63) is 58.4 Å². The average molecular weight is 494 g/mol. The van der Waals surface area contributed by atoms with E-state index < -0.39 is 5.97 Å². The van der Waals surface area contributed by atoms with Crippen molar-refractivity contribution in [2.75, 3.05) is 18.2 Å². The number of anilines is 1. The second kappa shape index (κ2) is 9.55. The number of carbonyl (C=O) groups excluding carboxylic acids is 2. The van der Waals surface area contributed by atoms with Crippen molar-refractivity contribution >= 4 is 51.0 Å². The summed E-state index contributed by atoms with van der Waals surface area (Å²) >= 11 is 2.80. The number of methoxy groups -OCH3 is 1. The molecular weight excluding hydrogens is 470 g/mol. The monoisotopic (exact) mass is 493 g/mol. The summed E-state index contributed by atoms with van der Waals surface area (Å²) in [5.74, 6) is -0.458. The van der Waals surface area contributed by atoms with Crippen LogP contribution in [0.3, 0.4) is 0 Å². The van der Waals surface area contributed by atoms with Crippen LogP contribution in [-0.2, 0) is 22.4 Å². The lowest BCUT2D eigenvalue weighted by molar-refractivity contribution is -0.113. The Kier molecular flexibility index (Phi) is 6.34. The van der Waals surface area contributed by atoms with Crippen LogP contribution in [-0.4, -0.2) is 44.5 Å². The lowest BCUT2D eigenvalue weighted by Gasteiger charge is -2.11. The van der Waals surface area contributed by atoms with Gasteiger partial charge in [0.15, 0.2) is 5.65 Å². The van der Waals surface area contributed by atoms with E-state index in [2.05, 4.69) is 20.4 Å². The molecule has 3 aromatic heterocycles. The summed E-state index contributed by atoms with van der Waals surface area (Å²) in [6, 6.07) is 7.95. The Morgan fingerprint density at radius 3 is 2.85 bits per heavy atom. The van der Waals surface area contributed by atoms with Gasteiger partial charge in [-0.3, -0.25) is 4.79 Å². The molecule has 0 unspecified atom stereocenters. The maximum atomic E-state index is 12.8. The lowest BCUT2D eigenvalue weighted by Crippen LogP contribution is -2.16. The third-order valence-corrected chi connectivity index (χ3v) is 8.04. The van der Waals surface area contributed by atoms with E-state index in [0.29, 0.717) is 21.2 Å². The highest BCUT2D eigenvalue weighted by atomic mass is 32.2. The standard InChI is InChI=1S/C24H23N5O3S2/c1-14-7-3-5-9-17(14)29-21-16(11-27-29)22(26-13-25-21)33-12-19(30)28-23-20(24(31)32-2)15-8-4-6-10-18(15)34-23/h3,5,7,9,11,13H,4,6,8,10,12H2,1-2H3,(H,28,30). The highest BCUT2D eigenvalue weighted by Crippen LogP contribution is 2.38. The third kappa shape index (κ3) is 4.19. The molecule has 0 bridgehead atoms. The number of fused-ring (bicyclic) bond motifs is 2. The molecule has 1 aliphatic rings. The van der Waals surface area contributed by atoms with E-state index in [4.69, 9.17) is 4.74 Å². The van der Waals surface area contributed by atoms with Crippen molar-refractivity contribution in [2.45, 2.75) is 37.6 Å². The molecule has 174 valence electrons. The van der Waals surface area contributed by atoms with Crippen LogP contribution < -0.4 is 5.32 Å². The van der Waals surface area contributed by atoms with Gasteiger partial charge in [0, 0.05) is 4.88 Å². The Morgan fingerprint density at radius 2 is 2.03 bits per heavy atom. The number of nitrogens with zero attached hydrogens (tertiary/aromatic N) is 4. The second-order valence-corrected chi connectivity index (χ2v) is 10.1. The van der Waals surface area contributed by atoms with E-state index in [1.54, 1.807) is 10.9 Å². The first-order chi connectivity index (χ1) is 16.6. The van der Waals surface area contributed by atoms with Crippen molar-refractivity contribution in [1.29, 1.82) is 0 Å². The Bertz CT molecular complexity index is 1390. The fraction of sp³-hybridized carbons (Fsp3) is 0.292. The van der Waals surface area contributed by atoms with Crippen LogP contribution in [0.1, 0.15) is 39.2 Å². The van der Waals surface area contributed by atoms with Gasteiger partial charge in [0.2, 0.25) is 5.91 Å². The molecule has 0 radical (unpaired) electrons. The van der Waals surface area contributed by atoms with Crippen LogP contribution in [0.4, 0.5) is 5.00 Å². The Labute approximate surface area is 204 Å². The number of thiophene rings is 1. The number of hydrogen-bond donors (Lipinski definition) is 1. The summed E-state index contributed by atoms with van der Waals surface area (Å²) in [7, 11) is 1.37. The van der Waals surface area contributed by atoms with Gasteiger partial charge in [-0.15, -0.1) is 11.3 Å². The number of ether oxygens (including phenoxy) is 1. The number of aromatic nitrogens is 4. The number of amides is 1. The largest absolute Gasteiger partial charge is 0.465 e. The normalized spacial score (nSPS) is 13.0. The maximum absolute atomic E-state index is 12.8. The van der Waals surface area contributed by atoms with Gasteiger partial charge >= 0.3 is 5.97 Å². The Balaban J connectivity index is 1.35. The third-order valence-electron chi connectivity index (χ3n) is 5.83. The molecule has 1 aromatic carbocycles. The molecule has 1 amide bonds. The van der Waals surface area contributed by atoms with Gasteiger partial charge in [0.25, 0.3) is 0 Å². The number of para-hydroxylation sites is 1. The van der Waals surface area contributed by atoms with E-state index in [0.717, 1.165) is 52.8 Å². The zero-order valence-corrected chi connectivity index (χ0v) is 20.5. The number of nitrogens with one attached hydrogen (secondary N) is 1. The van der Waals surface area contributed by atoms with Crippen LogP contribution in [0.2, 0.25) is 0 Å². The van der Waals surface area contributed by atoms with Crippen LogP contribution in [0.15, 0.2) is 41.8 Å². The minimum absolute atomic E-state index is 0.144. The minimum atomic E-state index is -0.400. The molecule has 0 saturated heterocycles. The summed E-state index contributed by atoms with van der Waals surface area (Å²) in [5, 5.41) is 9.48. The molecule has 1 aliphatic carbocycles. The second-order valence-electron chi connectivity index (χ2n) is 8.00. The van der Waals surface area contributed by atoms with Crippen LogP contribution >= 0.6 is 23.1 Å². The van der Waals surface area contributed by atoms with Crippen LogP contribution in [0.25, 0.3) is 16.7 Å². The molecule has 4 aromatic rings. The molecule has 0 fully saturated rings. The number of esters is 1. The van der Waals surface area contributed by atoms with Gasteiger partial charge in [0.05, 0.1) is 35.7 Å². The van der Waals surface area contributed by atoms with Gasteiger partial charge in [-0.2, -0.15) is 5.10 Å². The summed E-state index contributed by atoms with van der Waals surface area (Å²) in [6.07, 6.45) is 7.11. The number of hydrogen-bond acceptors (Lipinski definition) is 8. The Morgan fingerprint density at radius 1 is 1.21 bits per heavy atom. The van der Waals surface area contributed by atoms with Crippen molar-refractivity contribution < 1.29 is 14.3 Å². The number of thioether (sulfide) groups is 1. The fourth-order valence-electron chi connectivity index (χ4n) is 4.18. The minimum Gasteiger partial charge on any atom is -0.465 e. The molecule has 0 atom stereocenters. The number of aryl methyl sites for hydroxylation is 2. The summed E-state index contributed by atoms with van der Waals surface area (Å²) in [6.45, 7) is 2.02. The fourth-order valence-corrected chi connectivity index (χ4v) is 6.24. The van der Waals surface area contributed by atoms with Crippen LogP contribution in [0, 0.1) is 6.92 Å². The van der Waals surface area contributed by atoms with Gasteiger partial charge in [-0.25, -0.2) is 19.4 Å². The van der Waals surface area contributed by atoms with Crippen LogP contribution in [0.5, 0.6) is 0 Å². The molecule has 0 aliphatic heterocycles. The molecule has 34 heavy (non-hydrogen) atoms. The molecule has 3 heterocycles. The summed E-state index contributed by atoms with van der Waals surface area (Å²) < 4.78 is 6.78. The lowest BCUT2D eigenvalue weighted by atomic mass is 9.95. The first kappa shape index (κ1) is 22.5. The summed E-state index contributed by atoms with van der Waals surface area (Å²) in [4.78, 5) is 35.2. The molecule has 5 rings (SSSR count). The van der Waals surface area contributed by atoms with Crippen molar-refractivity contribution in [2.24, 2.45) is 0 Å². The molecule has 1 N–H and O–H groups in total. The summed E-state index contributed by atoms with van der Waals surface area (Å²) in [5.41, 5.74) is 4.24. The van der Waals surface area contributed by atoms with Gasteiger partial charge in [-0.1, -0.05) is 30.0 Å². The highest BCUT2D eigenvalue weighted by Gasteiger charge is 2.27. The van der Waals surface area contributed by atoms with Gasteiger partial charge < -0.3 is 10.1 Å². The van der Waals surface area contributed by atoms with E-state index in [1.807, 2.05) is 31.2 Å². The topological polar surface area (TPSA) is 99.0 Å². The highest BCUT2D eigenvalue weighted by molar-refractivity contribution is 8.00. The van der Waals surface area contributed by atoms with E-state index in [9.17, 15) is 9.59 Å². The van der Waals surface area contributed by atoms with E-state index >= 15 is 0 Å². The van der Waals surface area contributed by atoms with E-state index in [-0.39, 0.29) is 11.7 Å². The first-order valence-corrected chi connectivity index (χ1v) is 12.8. The Hall–Kier alpha value is -3.24. The van der Waals surface area contributed by atoms with Crippen molar-refractivity contribution in [3.8, 4) is 5.69 Å². The first-order valence-electron chi connectivity index (χ1n) is 11.0. The van der Waals surface area contributed by atoms with Gasteiger partial charge in [-0.05, 0) is 49.8 Å². The SMILES string of the molecule is COC(=O)c1c(NC(=O)CSc2ncnc3c2cnn3-c2ccccc2C)sc2c1CCCC2. The molecule has 0 saturated carbocycles. The number of benzene rings is 1. The quantitative estimate of drug-likeness (QED) is 0.238. The molecule has 10 heteroatoms. The maximum Gasteiger partial charge on any atom is 0.341 e. The smallest absolute Gasteiger partial charge is 0.341 e. The number of rotatable bonds is 6. The van der Waals surface area contributed by atoms with E-state index in [1.165, 1.54) is 36.5 Å². The number of carbonyl (C=O) groups is 2. The molecule has 8 nitrogen and oxygen atoms in total. The molecule has 0 spiro atoms. The average Bonchev–Trinajstić information content (AvgIpc) is 3.44. The molecular formula is C24H23N5O3S2.